The lowest BCUT2D eigenvalue weighted by molar-refractivity contribution is 0.273. The predicted octanol–water partition coefficient (Wildman–Crippen LogP) is 4.37. The number of benzene rings is 2. The minimum absolute atomic E-state index is 0.0489. The third-order valence-electron chi connectivity index (χ3n) is 4.82. The van der Waals surface area contributed by atoms with E-state index >= 15 is 0 Å². The number of aliphatic hydroxyl groups is 1. The number of hydrogen-bond acceptors (Lipinski definition) is 4. The zero-order valence-electron chi connectivity index (χ0n) is 16.7. The molecule has 2 aromatic carbocycles. The molecule has 1 atom stereocenters. The van der Waals surface area contributed by atoms with Gasteiger partial charge >= 0.3 is 0 Å². The van der Waals surface area contributed by atoms with E-state index in [-0.39, 0.29) is 12.6 Å². The lowest BCUT2D eigenvalue weighted by Gasteiger charge is -2.20. The fraction of sp³-hybridized carbons (Fsp3) is 0.292. The fourth-order valence-corrected chi connectivity index (χ4v) is 3.12. The summed E-state index contributed by atoms with van der Waals surface area (Å²) in [6.07, 6.45) is 3.46. The molecule has 28 heavy (non-hydrogen) atoms. The number of nitrogens with zero attached hydrogens (tertiary/aromatic N) is 1. The Bertz CT molecular complexity index is 860. The summed E-state index contributed by atoms with van der Waals surface area (Å²) < 4.78 is 0. The molecule has 4 heteroatoms. The first-order valence-electron chi connectivity index (χ1n) is 9.81. The molecule has 1 aromatic heterocycles. The zero-order valence-corrected chi connectivity index (χ0v) is 16.7. The van der Waals surface area contributed by atoms with Crippen molar-refractivity contribution in [3.8, 4) is 0 Å². The number of pyridine rings is 1. The van der Waals surface area contributed by atoms with Crippen LogP contribution in [0.3, 0.4) is 0 Å². The molecule has 0 bridgehead atoms. The van der Waals surface area contributed by atoms with Gasteiger partial charge in [-0.3, -0.25) is 0 Å². The molecule has 4 nitrogen and oxygen atoms in total. The number of nitrogens with one attached hydrogen (secondary N) is 2. The van der Waals surface area contributed by atoms with E-state index in [1.165, 1.54) is 22.3 Å². The van der Waals surface area contributed by atoms with E-state index < -0.39 is 0 Å². The molecule has 0 spiro atoms. The summed E-state index contributed by atoms with van der Waals surface area (Å²) in [6.45, 7) is 5.05. The van der Waals surface area contributed by atoms with Crippen LogP contribution in [-0.4, -0.2) is 29.3 Å². The van der Waals surface area contributed by atoms with Gasteiger partial charge in [-0.15, -0.1) is 0 Å². The fourth-order valence-electron chi connectivity index (χ4n) is 3.12. The average Bonchev–Trinajstić information content (AvgIpc) is 2.72. The highest BCUT2D eigenvalue weighted by molar-refractivity contribution is 5.64. The van der Waals surface area contributed by atoms with Crippen molar-refractivity contribution in [3.63, 3.8) is 0 Å². The van der Waals surface area contributed by atoms with Gasteiger partial charge in [0.25, 0.3) is 0 Å². The van der Waals surface area contributed by atoms with Crippen molar-refractivity contribution in [3.05, 3.63) is 89.1 Å². The molecular weight excluding hydrogens is 346 g/mol. The summed E-state index contributed by atoms with van der Waals surface area (Å²) >= 11 is 0. The van der Waals surface area contributed by atoms with Crippen LogP contribution in [0.2, 0.25) is 0 Å². The molecule has 0 aliphatic carbocycles. The van der Waals surface area contributed by atoms with Crippen LogP contribution in [0, 0.1) is 13.8 Å². The molecule has 0 unspecified atom stereocenters. The van der Waals surface area contributed by atoms with Crippen molar-refractivity contribution >= 4 is 11.5 Å². The average molecular weight is 376 g/mol. The van der Waals surface area contributed by atoms with Crippen LogP contribution in [-0.2, 0) is 12.8 Å². The van der Waals surface area contributed by atoms with E-state index in [0.717, 1.165) is 30.9 Å². The van der Waals surface area contributed by atoms with Crippen LogP contribution in [0.25, 0.3) is 0 Å². The van der Waals surface area contributed by atoms with Gasteiger partial charge in [0.15, 0.2) is 0 Å². The van der Waals surface area contributed by atoms with E-state index in [1.807, 2.05) is 12.1 Å². The van der Waals surface area contributed by atoms with Crippen molar-refractivity contribution in [1.82, 2.24) is 4.98 Å². The smallest absolute Gasteiger partial charge is 0.149 e. The number of aromatic nitrogens is 1. The maximum atomic E-state index is 9.83. The Hall–Kier alpha value is -2.85. The summed E-state index contributed by atoms with van der Waals surface area (Å²) in [4.78, 5) is 4.47. The second kappa shape index (κ2) is 9.90. The Morgan fingerprint density at radius 1 is 0.893 bits per heavy atom. The lowest BCUT2D eigenvalue weighted by Crippen LogP contribution is -2.27. The summed E-state index contributed by atoms with van der Waals surface area (Å²) in [7, 11) is 0. The van der Waals surface area contributed by atoms with Gasteiger partial charge in [-0.25, -0.2) is 4.98 Å². The topological polar surface area (TPSA) is 57.2 Å². The molecule has 0 saturated carbocycles. The lowest BCUT2D eigenvalue weighted by atomic mass is 10.0. The second-order valence-electron chi connectivity index (χ2n) is 7.28. The molecule has 1 heterocycles. The number of anilines is 2. The van der Waals surface area contributed by atoms with Crippen LogP contribution >= 0.6 is 0 Å². The SMILES string of the molecule is Cc1ccc(CCNc2cccnc2N[C@H](CO)Cc2ccc(C)cc2)cc1. The van der Waals surface area contributed by atoms with Crippen LogP contribution in [0.5, 0.6) is 0 Å². The molecule has 0 amide bonds. The van der Waals surface area contributed by atoms with E-state index in [4.69, 9.17) is 0 Å². The van der Waals surface area contributed by atoms with E-state index in [2.05, 4.69) is 78.0 Å². The largest absolute Gasteiger partial charge is 0.394 e. The monoisotopic (exact) mass is 375 g/mol. The Balaban J connectivity index is 1.60. The van der Waals surface area contributed by atoms with Crippen LogP contribution < -0.4 is 10.6 Å². The zero-order chi connectivity index (χ0) is 19.8. The summed E-state index contributed by atoms with van der Waals surface area (Å²) in [5.41, 5.74) is 5.98. The van der Waals surface area contributed by atoms with Gasteiger partial charge < -0.3 is 15.7 Å². The van der Waals surface area contributed by atoms with E-state index in [1.54, 1.807) is 6.20 Å². The van der Waals surface area contributed by atoms with Crippen molar-refractivity contribution in [2.75, 3.05) is 23.8 Å². The Morgan fingerprint density at radius 2 is 1.54 bits per heavy atom. The normalized spacial score (nSPS) is 11.8. The molecule has 146 valence electrons. The second-order valence-corrected chi connectivity index (χ2v) is 7.28. The molecule has 0 aliphatic heterocycles. The summed E-state index contributed by atoms with van der Waals surface area (Å²) in [5, 5.41) is 16.7. The van der Waals surface area contributed by atoms with Gasteiger partial charge in [0, 0.05) is 12.7 Å². The summed E-state index contributed by atoms with van der Waals surface area (Å²) in [5.74, 6) is 0.776. The van der Waals surface area contributed by atoms with Crippen LogP contribution in [0.1, 0.15) is 22.3 Å². The minimum atomic E-state index is -0.0877. The van der Waals surface area contributed by atoms with Gasteiger partial charge in [0.1, 0.15) is 5.82 Å². The number of rotatable bonds is 9. The standard InChI is InChI=1S/C24H29N3O/c1-18-5-9-20(10-6-18)13-15-25-23-4-3-14-26-24(23)27-22(17-28)16-21-11-7-19(2)8-12-21/h3-12,14,22,25,28H,13,15-17H2,1-2H3,(H,26,27)/t22-/m0/s1. The maximum absolute atomic E-state index is 9.83. The third kappa shape index (κ3) is 5.83. The molecule has 0 aliphatic rings. The van der Waals surface area contributed by atoms with Gasteiger partial charge in [0.2, 0.25) is 0 Å². The molecule has 0 saturated heterocycles. The molecule has 3 rings (SSSR count). The maximum Gasteiger partial charge on any atom is 0.149 e. The molecule has 0 radical (unpaired) electrons. The van der Waals surface area contributed by atoms with Crippen LogP contribution in [0.15, 0.2) is 66.9 Å². The highest BCUT2D eigenvalue weighted by Crippen LogP contribution is 2.20. The van der Waals surface area contributed by atoms with E-state index in [0.29, 0.717) is 0 Å². The summed E-state index contributed by atoms with van der Waals surface area (Å²) in [6, 6.07) is 20.9. The van der Waals surface area contributed by atoms with Crippen molar-refractivity contribution in [1.29, 1.82) is 0 Å². The van der Waals surface area contributed by atoms with Gasteiger partial charge in [-0.1, -0.05) is 59.7 Å². The van der Waals surface area contributed by atoms with Crippen molar-refractivity contribution in [2.45, 2.75) is 32.7 Å². The van der Waals surface area contributed by atoms with Crippen molar-refractivity contribution < 1.29 is 5.11 Å². The predicted molar refractivity (Wildman–Crippen MR) is 117 cm³/mol. The Morgan fingerprint density at radius 3 is 2.18 bits per heavy atom. The highest BCUT2D eigenvalue weighted by Gasteiger charge is 2.12. The van der Waals surface area contributed by atoms with Gasteiger partial charge in [-0.05, 0) is 49.9 Å². The molecular formula is C24H29N3O. The minimum Gasteiger partial charge on any atom is -0.394 e. The first-order chi connectivity index (χ1) is 13.6. The Kier molecular flexibility index (Phi) is 7.04. The van der Waals surface area contributed by atoms with Crippen LogP contribution in [0.4, 0.5) is 11.5 Å². The first-order valence-corrected chi connectivity index (χ1v) is 9.81. The molecule has 3 aromatic rings. The third-order valence-corrected chi connectivity index (χ3v) is 4.82. The molecule has 3 N–H and O–H groups in total. The molecule has 0 fully saturated rings. The number of aliphatic hydroxyl groups excluding tert-OH is 1. The van der Waals surface area contributed by atoms with Gasteiger partial charge in [-0.2, -0.15) is 0 Å². The quantitative estimate of drug-likeness (QED) is 0.520. The number of hydrogen-bond donors (Lipinski definition) is 3. The van der Waals surface area contributed by atoms with E-state index in [9.17, 15) is 5.11 Å². The highest BCUT2D eigenvalue weighted by atomic mass is 16.3. The van der Waals surface area contributed by atoms with Crippen molar-refractivity contribution in [2.24, 2.45) is 0 Å². The van der Waals surface area contributed by atoms with Gasteiger partial charge in [0.05, 0.1) is 18.3 Å². The Labute approximate surface area is 167 Å². The number of aryl methyl sites for hydroxylation is 2. The first kappa shape index (κ1) is 19.9.